The van der Waals surface area contributed by atoms with Gasteiger partial charge >= 0.3 is 0 Å². The second kappa shape index (κ2) is 4.60. The maximum absolute atomic E-state index is 5.81. The molecule has 18 heavy (non-hydrogen) atoms. The highest BCUT2D eigenvalue weighted by Crippen LogP contribution is 2.21. The molecule has 5 nitrogen and oxygen atoms in total. The smallest absolute Gasteiger partial charge is 0.134 e. The van der Waals surface area contributed by atoms with Crippen molar-refractivity contribution < 1.29 is 4.74 Å². The maximum atomic E-state index is 5.81. The first-order valence-corrected chi connectivity index (χ1v) is 5.92. The van der Waals surface area contributed by atoms with Crippen LogP contribution in [0.1, 0.15) is 5.82 Å². The molecule has 1 saturated heterocycles. The first kappa shape index (κ1) is 11.0. The number of aryl methyl sites for hydroxylation is 1. The SMILES string of the molecule is Cc1nccc(N2CC(Oc3ccncc3)C2)n1. The topological polar surface area (TPSA) is 51.1 Å². The molecule has 5 heteroatoms. The molecule has 1 aliphatic rings. The summed E-state index contributed by atoms with van der Waals surface area (Å²) >= 11 is 0. The minimum atomic E-state index is 0.225. The van der Waals surface area contributed by atoms with Crippen LogP contribution in [-0.4, -0.2) is 34.1 Å². The van der Waals surface area contributed by atoms with Crippen molar-refractivity contribution in [3.63, 3.8) is 0 Å². The van der Waals surface area contributed by atoms with E-state index >= 15 is 0 Å². The Bertz CT molecular complexity index is 526. The van der Waals surface area contributed by atoms with Gasteiger partial charge in [0.1, 0.15) is 23.5 Å². The van der Waals surface area contributed by atoms with Crippen LogP contribution in [0.15, 0.2) is 36.8 Å². The zero-order valence-corrected chi connectivity index (χ0v) is 10.2. The van der Waals surface area contributed by atoms with Gasteiger partial charge in [0.25, 0.3) is 0 Å². The van der Waals surface area contributed by atoms with E-state index in [1.54, 1.807) is 18.6 Å². The van der Waals surface area contributed by atoms with Crippen LogP contribution < -0.4 is 9.64 Å². The van der Waals surface area contributed by atoms with E-state index in [0.717, 1.165) is 30.5 Å². The van der Waals surface area contributed by atoms with Gasteiger partial charge in [-0.3, -0.25) is 4.98 Å². The normalized spacial score (nSPS) is 15.3. The highest BCUT2D eigenvalue weighted by molar-refractivity contribution is 5.41. The van der Waals surface area contributed by atoms with E-state index in [2.05, 4.69) is 19.9 Å². The molecule has 0 amide bonds. The molecular weight excluding hydrogens is 228 g/mol. The van der Waals surface area contributed by atoms with Crippen LogP contribution in [0.4, 0.5) is 5.82 Å². The van der Waals surface area contributed by atoms with Crippen molar-refractivity contribution >= 4 is 5.82 Å². The molecule has 3 heterocycles. The zero-order chi connectivity index (χ0) is 12.4. The van der Waals surface area contributed by atoms with Crippen molar-refractivity contribution in [2.24, 2.45) is 0 Å². The van der Waals surface area contributed by atoms with Crippen LogP contribution in [0, 0.1) is 6.92 Å². The third-order valence-electron chi connectivity index (χ3n) is 2.89. The average Bonchev–Trinajstić information content (AvgIpc) is 2.34. The Morgan fingerprint density at radius 2 is 1.94 bits per heavy atom. The first-order chi connectivity index (χ1) is 8.81. The van der Waals surface area contributed by atoms with Crippen molar-refractivity contribution in [3.8, 4) is 5.75 Å². The highest BCUT2D eigenvalue weighted by atomic mass is 16.5. The van der Waals surface area contributed by atoms with Crippen LogP contribution in [0.25, 0.3) is 0 Å². The Morgan fingerprint density at radius 1 is 1.17 bits per heavy atom. The Morgan fingerprint density at radius 3 is 2.67 bits per heavy atom. The lowest BCUT2D eigenvalue weighted by Gasteiger charge is -2.39. The minimum Gasteiger partial charge on any atom is -0.487 e. The summed E-state index contributed by atoms with van der Waals surface area (Å²) < 4.78 is 5.81. The Kier molecular flexibility index (Phi) is 2.80. The summed E-state index contributed by atoms with van der Waals surface area (Å²) in [6.07, 6.45) is 5.48. The molecule has 0 saturated carbocycles. The molecule has 0 spiro atoms. The second-order valence-corrected chi connectivity index (χ2v) is 4.29. The largest absolute Gasteiger partial charge is 0.487 e. The van der Waals surface area contributed by atoms with E-state index in [4.69, 9.17) is 4.74 Å². The number of hydrogen-bond donors (Lipinski definition) is 0. The molecule has 1 fully saturated rings. The number of nitrogens with zero attached hydrogens (tertiary/aromatic N) is 4. The molecule has 1 aliphatic heterocycles. The summed E-state index contributed by atoms with van der Waals surface area (Å²) in [6.45, 7) is 3.62. The summed E-state index contributed by atoms with van der Waals surface area (Å²) in [6, 6.07) is 5.67. The Balaban J connectivity index is 1.57. The Labute approximate surface area is 105 Å². The van der Waals surface area contributed by atoms with Crippen LogP contribution in [0.2, 0.25) is 0 Å². The van der Waals surface area contributed by atoms with Crippen LogP contribution in [0.5, 0.6) is 5.75 Å². The summed E-state index contributed by atoms with van der Waals surface area (Å²) in [7, 11) is 0. The van der Waals surface area contributed by atoms with Crippen molar-refractivity contribution in [3.05, 3.63) is 42.6 Å². The predicted octanol–water partition coefficient (Wildman–Crippen LogP) is 1.45. The molecule has 0 radical (unpaired) electrons. The number of hydrogen-bond acceptors (Lipinski definition) is 5. The third kappa shape index (κ3) is 2.25. The summed E-state index contributed by atoms with van der Waals surface area (Å²) in [5.74, 6) is 2.64. The molecule has 0 atom stereocenters. The van der Waals surface area contributed by atoms with Crippen LogP contribution in [0.3, 0.4) is 0 Å². The summed E-state index contributed by atoms with van der Waals surface area (Å²) in [5.41, 5.74) is 0. The molecule has 0 aliphatic carbocycles. The summed E-state index contributed by atoms with van der Waals surface area (Å²) in [5, 5.41) is 0. The predicted molar refractivity (Wildman–Crippen MR) is 67.6 cm³/mol. The van der Waals surface area contributed by atoms with Gasteiger partial charge in [0.15, 0.2) is 0 Å². The van der Waals surface area contributed by atoms with E-state index in [1.165, 1.54) is 0 Å². The average molecular weight is 242 g/mol. The zero-order valence-electron chi connectivity index (χ0n) is 10.2. The van der Waals surface area contributed by atoms with Crippen LogP contribution >= 0.6 is 0 Å². The molecule has 0 bridgehead atoms. The molecule has 0 unspecified atom stereocenters. The molecule has 92 valence electrons. The van der Waals surface area contributed by atoms with Gasteiger partial charge in [-0.1, -0.05) is 0 Å². The van der Waals surface area contributed by atoms with Crippen molar-refractivity contribution in [2.75, 3.05) is 18.0 Å². The molecular formula is C13H14N4O. The van der Waals surface area contributed by atoms with Gasteiger partial charge in [0.2, 0.25) is 0 Å². The molecule has 2 aromatic heterocycles. The quantitative estimate of drug-likeness (QED) is 0.815. The molecule has 3 rings (SSSR count). The second-order valence-electron chi connectivity index (χ2n) is 4.29. The van der Waals surface area contributed by atoms with Crippen molar-refractivity contribution in [2.45, 2.75) is 13.0 Å². The fourth-order valence-electron chi connectivity index (χ4n) is 1.93. The summed E-state index contributed by atoms with van der Waals surface area (Å²) in [4.78, 5) is 14.6. The van der Waals surface area contributed by atoms with E-state index < -0.39 is 0 Å². The van der Waals surface area contributed by atoms with E-state index in [1.807, 2.05) is 25.1 Å². The lowest BCUT2D eigenvalue weighted by Crippen LogP contribution is -2.54. The third-order valence-corrected chi connectivity index (χ3v) is 2.89. The fourth-order valence-corrected chi connectivity index (χ4v) is 1.93. The van der Waals surface area contributed by atoms with Gasteiger partial charge in [0, 0.05) is 18.6 Å². The minimum absolute atomic E-state index is 0.225. The van der Waals surface area contributed by atoms with Gasteiger partial charge in [-0.15, -0.1) is 0 Å². The molecule has 2 aromatic rings. The number of pyridine rings is 1. The van der Waals surface area contributed by atoms with Gasteiger partial charge < -0.3 is 9.64 Å². The van der Waals surface area contributed by atoms with Gasteiger partial charge in [0.05, 0.1) is 13.1 Å². The standard InChI is InChI=1S/C13H14N4O/c1-10-15-7-4-13(16-10)17-8-12(9-17)18-11-2-5-14-6-3-11/h2-7,12H,8-9H2,1H3. The molecule has 0 aromatic carbocycles. The number of aromatic nitrogens is 3. The van der Waals surface area contributed by atoms with Gasteiger partial charge in [-0.25, -0.2) is 9.97 Å². The monoisotopic (exact) mass is 242 g/mol. The maximum Gasteiger partial charge on any atom is 0.134 e. The van der Waals surface area contributed by atoms with Crippen LogP contribution in [-0.2, 0) is 0 Å². The van der Waals surface area contributed by atoms with E-state index in [9.17, 15) is 0 Å². The number of anilines is 1. The fraction of sp³-hybridized carbons (Fsp3) is 0.308. The van der Waals surface area contributed by atoms with Gasteiger partial charge in [-0.2, -0.15) is 0 Å². The number of ether oxygens (including phenoxy) is 1. The highest BCUT2D eigenvalue weighted by Gasteiger charge is 2.29. The van der Waals surface area contributed by atoms with E-state index in [-0.39, 0.29) is 6.10 Å². The lowest BCUT2D eigenvalue weighted by atomic mass is 10.1. The molecule has 0 N–H and O–H groups in total. The number of rotatable bonds is 3. The van der Waals surface area contributed by atoms with Crippen molar-refractivity contribution in [1.29, 1.82) is 0 Å². The first-order valence-electron chi connectivity index (χ1n) is 5.92. The van der Waals surface area contributed by atoms with E-state index in [0.29, 0.717) is 0 Å². The Hall–Kier alpha value is -2.17. The van der Waals surface area contributed by atoms with Crippen molar-refractivity contribution in [1.82, 2.24) is 15.0 Å². The van der Waals surface area contributed by atoms with Gasteiger partial charge in [-0.05, 0) is 25.1 Å². The lowest BCUT2D eigenvalue weighted by molar-refractivity contribution is 0.166.